The van der Waals surface area contributed by atoms with E-state index >= 15 is 0 Å². The van der Waals surface area contributed by atoms with Gasteiger partial charge >= 0.3 is 0 Å². The van der Waals surface area contributed by atoms with Crippen molar-refractivity contribution in [2.45, 2.75) is 52.4 Å². The van der Waals surface area contributed by atoms with Crippen molar-refractivity contribution in [3.05, 3.63) is 71.8 Å². The van der Waals surface area contributed by atoms with Crippen LogP contribution in [0, 0.1) is 0 Å². The number of nitrogens with one attached hydrogen (secondary N) is 1. The number of hydrogen-bond donors (Lipinski definition) is 1. The van der Waals surface area contributed by atoms with Gasteiger partial charge in [0.15, 0.2) is 0 Å². The lowest BCUT2D eigenvalue weighted by Crippen LogP contribution is -2.24. The first-order chi connectivity index (χ1) is 12.6. The minimum absolute atomic E-state index is 0.0570. The van der Waals surface area contributed by atoms with E-state index < -0.39 is 0 Å². The maximum atomic E-state index is 11.4. The van der Waals surface area contributed by atoms with Crippen molar-refractivity contribution in [1.29, 1.82) is 0 Å². The van der Waals surface area contributed by atoms with Crippen LogP contribution in [-0.4, -0.2) is 12.5 Å². The second-order valence-corrected chi connectivity index (χ2v) is 6.99. The van der Waals surface area contributed by atoms with E-state index in [1.165, 1.54) is 47.9 Å². The van der Waals surface area contributed by atoms with E-state index in [1.54, 1.807) is 6.92 Å². The summed E-state index contributed by atoms with van der Waals surface area (Å²) in [5.41, 5.74) is 5.81. The number of benzene rings is 2. The van der Waals surface area contributed by atoms with E-state index in [4.69, 9.17) is 0 Å². The smallest absolute Gasteiger partial charge is 0.246 e. The fraction of sp³-hybridized carbons (Fsp3) is 0.375. The highest BCUT2D eigenvalue weighted by Gasteiger charge is 2.02. The van der Waals surface area contributed by atoms with Gasteiger partial charge in [0.05, 0.1) is 0 Å². The molecule has 0 unspecified atom stereocenters. The molecule has 0 atom stereocenters. The highest BCUT2D eigenvalue weighted by atomic mass is 16.1. The van der Waals surface area contributed by atoms with Gasteiger partial charge in [0.1, 0.15) is 0 Å². The van der Waals surface area contributed by atoms with Gasteiger partial charge in [-0.15, -0.1) is 0 Å². The van der Waals surface area contributed by atoms with Crippen LogP contribution in [-0.2, 0) is 17.6 Å². The molecule has 2 nitrogen and oxygen atoms in total. The molecule has 0 saturated heterocycles. The number of rotatable bonds is 10. The van der Waals surface area contributed by atoms with E-state index in [9.17, 15) is 4.79 Å². The van der Waals surface area contributed by atoms with Crippen LogP contribution in [0.5, 0.6) is 0 Å². The summed E-state index contributed by atoms with van der Waals surface area (Å²) in [6.45, 7) is 8.30. The maximum Gasteiger partial charge on any atom is 0.246 e. The lowest BCUT2D eigenvalue weighted by Gasteiger charge is -2.07. The van der Waals surface area contributed by atoms with Gasteiger partial charge in [-0.05, 0) is 54.9 Å². The molecule has 0 saturated carbocycles. The SMILES string of the molecule is C=C(C)C(=O)NCCCc1ccc(-c2ccc(CCCCC)cc2)cc1. The molecule has 2 heteroatoms. The van der Waals surface area contributed by atoms with Gasteiger partial charge in [-0.25, -0.2) is 0 Å². The van der Waals surface area contributed by atoms with Crippen molar-refractivity contribution in [1.82, 2.24) is 5.32 Å². The van der Waals surface area contributed by atoms with Crippen LogP contribution in [0.25, 0.3) is 11.1 Å². The number of amides is 1. The number of carbonyl (C=O) groups is 1. The third-order valence-corrected chi connectivity index (χ3v) is 4.63. The molecule has 1 N–H and O–H groups in total. The fourth-order valence-corrected chi connectivity index (χ4v) is 2.95. The van der Waals surface area contributed by atoms with Crippen LogP contribution < -0.4 is 5.32 Å². The fourth-order valence-electron chi connectivity index (χ4n) is 2.95. The molecule has 0 aromatic heterocycles. The summed E-state index contributed by atoms with van der Waals surface area (Å²) in [6.07, 6.45) is 6.93. The van der Waals surface area contributed by atoms with E-state index in [0.717, 1.165) is 12.8 Å². The molecule has 0 heterocycles. The van der Waals surface area contributed by atoms with Gasteiger partial charge in [-0.1, -0.05) is 74.9 Å². The third-order valence-electron chi connectivity index (χ3n) is 4.63. The maximum absolute atomic E-state index is 11.4. The van der Waals surface area contributed by atoms with Crippen molar-refractivity contribution in [3.63, 3.8) is 0 Å². The predicted octanol–water partition coefficient (Wildman–Crippen LogP) is 5.71. The number of hydrogen-bond acceptors (Lipinski definition) is 1. The Morgan fingerprint density at radius 2 is 1.35 bits per heavy atom. The minimum atomic E-state index is -0.0570. The van der Waals surface area contributed by atoms with Gasteiger partial charge in [-0.3, -0.25) is 4.79 Å². The summed E-state index contributed by atoms with van der Waals surface area (Å²) in [5.74, 6) is -0.0570. The highest BCUT2D eigenvalue weighted by Crippen LogP contribution is 2.21. The summed E-state index contributed by atoms with van der Waals surface area (Å²) in [7, 11) is 0. The first kappa shape index (κ1) is 20.0. The summed E-state index contributed by atoms with van der Waals surface area (Å²) in [5, 5.41) is 2.87. The van der Waals surface area contributed by atoms with Crippen LogP contribution in [0.4, 0.5) is 0 Å². The third kappa shape index (κ3) is 6.51. The van der Waals surface area contributed by atoms with Crippen LogP contribution in [0.15, 0.2) is 60.7 Å². The molecular formula is C24H31NO. The summed E-state index contributed by atoms with van der Waals surface area (Å²) in [6, 6.07) is 17.7. The van der Waals surface area contributed by atoms with Crippen LogP contribution in [0.1, 0.15) is 50.7 Å². The second-order valence-electron chi connectivity index (χ2n) is 6.99. The van der Waals surface area contributed by atoms with Crippen LogP contribution in [0.2, 0.25) is 0 Å². The minimum Gasteiger partial charge on any atom is -0.352 e. The zero-order valence-electron chi connectivity index (χ0n) is 16.2. The molecule has 2 aromatic rings. The van der Waals surface area contributed by atoms with Gasteiger partial charge in [0, 0.05) is 12.1 Å². The first-order valence-electron chi connectivity index (χ1n) is 9.72. The van der Waals surface area contributed by atoms with E-state index in [1.807, 2.05) is 0 Å². The highest BCUT2D eigenvalue weighted by molar-refractivity contribution is 5.92. The Labute approximate surface area is 158 Å². The molecule has 2 rings (SSSR count). The lowest BCUT2D eigenvalue weighted by atomic mass is 9.99. The zero-order chi connectivity index (χ0) is 18.8. The Balaban J connectivity index is 1.83. The quantitative estimate of drug-likeness (QED) is 0.432. The van der Waals surface area contributed by atoms with Crippen molar-refractivity contribution >= 4 is 5.91 Å². The average Bonchev–Trinajstić information content (AvgIpc) is 2.66. The van der Waals surface area contributed by atoms with Crippen molar-refractivity contribution < 1.29 is 4.79 Å². The molecule has 0 aliphatic heterocycles. The Bertz CT molecular complexity index is 698. The van der Waals surface area contributed by atoms with Gasteiger partial charge in [0.2, 0.25) is 5.91 Å². The predicted molar refractivity (Wildman–Crippen MR) is 111 cm³/mol. The molecule has 0 aliphatic carbocycles. The van der Waals surface area contributed by atoms with Crippen molar-refractivity contribution in [3.8, 4) is 11.1 Å². The molecule has 138 valence electrons. The molecule has 2 aromatic carbocycles. The molecule has 0 aliphatic rings. The lowest BCUT2D eigenvalue weighted by molar-refractivity contribution is -0.117. The number of carbonyl (C=O) groups excluding carboxylic acids is 1. The Hall–Kier alpha value is -2.35. The largest absolute Gasteiger partial charge is 0.352 e. The summed E-state index contributed by atoms with van der Waals surface area (Å²) < 4.78 is 0. The molecular weight excluding hydrogens is 318 g/mol. The van der Waals surface area contributed by atoms with Crippen molar-refractivity contribution in [2.24, 2.45) is 0 Å². The Morgan fingerprint density at radius 1 is 0.846 bits per heavy atom. The number of unbranched alkanes of at least 4 members (excludes halogenated alkanes) is 2. The first-order valence-corrected chi connectivity index (χ1v) is 9.72. The van der Waals surface area contributed by atoms with E-state index in [2.05, 4.69) is 67.4 Å². The van der Waals surface area contributed by atoms with E-state index in [0.29, 0.717) is 12.1 Å². The van der Waals surface area contributed by atoms with Gasteiger partial charge in [0.25, 0.3) is 0 Å². The molecule has 1 amide bonds. The van der Waals surface area contributed by atoms with Crippen LogP contribution >= 0.6 is 0 Å². The molecule has 0 spiro atoms. The molecule has 0 bridgehead atoms. The standard InChI is InChI=1S/C24H31NO/c1-4-5-6-8-20-10-14-22(15-11-20)23-16-12-21(13-17-23)9-7-18-25-24(26)19(2)3/h10-17H,2,4-9,18H2,1,3H3,(H,25,26). The Kier molecular flexibility index (Phi) is 8.14. The monoisotopic (exact) mass is 349 g/mol. The second kappa shape index (κ2) is 10.6. The van der Waals surface area contributed by atoms with Crippen molar-refractivity contribution in [2.75, 3.05) is 6.54 Å². The molecule has 0 radical (unpaired) electrons. The van der Waals surface area contributed by atoms with Gasteiger partial charge in [-0.2, -0.15) is 0 Å². The summed E-state index contributed by atoms with van der Waals surface area (Å²) >= 11 is 0. The average molecular weight is 350 g/mol. The topological polar surface area (TPSA) is 29.1 Å². The van der Waals surface area contributed by atoms with E-state index in [-0.39, 0.29) is 5.91 Å². The van der Waals surface area contributed by atoms with Crippen LogP contribution in [0.3, 0.4) is 0 Å². The zero-order valence-corrected chi connectivity index (χ0v) is 16.2. The molecule has 0 fully saturated rings. The normalized spacial score (nSPS) is 10.5. The number of aryl methyl sites for hydroxylation is 2. The molecule has 26 heavy (non-hydrogen) atoms. The van der Waals surface area contributed by atoms with Gasteiger partial charge < -0.3 is 5.32 Å². The summed E-state index contributed by atoms with van der Waals surface area (Å²) in [4.78, 5) is 11.4. The Morgan fingerprint density at radius 3 is 1.81 bits per heavy atom.